The number of ketones is 1. The smallest absolute Gasteiger partial charge is 0.243 e. The van der Waals surface area contributed by atoms with Crippen LogP contribution in [0.25, 0.3) is 0 Å². The van der Waals surface area contributed by atoms with Gasteiger partial charge in [-0.3, -0.25) is 9.59 Å². The van der Waals surface area contributed by atoms with Gasteiger partial charge in [-0.1, -0.05) is 13.2 Å². The van der Waals surface area contributed by atoms with Crippen LogP contribution < -0.4 is 42.5 Å². The number of hydrogen-bond donors (Lipinski definition) is 8. The maximum absolute atomic E-state index is 11.1. The number of amides is 1. The van der Waals surface area contributed by atoms with E-state index in [0.29, 0.717) is 13.0 Å². The van der Waals surface area contributed by atoms with E-state index >= 15 is 0 Å². The van der Waals surface area contributed by atoms with Crippen molar-refractivity contribution in [2.75, 3.05) is 98.2 Å². The standard InChI is InChI=1S/C23H48N8O2/c1-3-22(32)6-5-7-24-8-9-25-10-11-26-12-13-27-14-15-28-16-17-29-18-19-30-20-21-31-23(33)4-2/h3-4,24-30H,1-2,5-21H2,(H,31,33). The predicted molar refractivity (Wildman–Crippen MR) is 138 cm³/mol. The lowest BCUT2D eigenvalue weighted by molar-refractivity contribution is -0.116. The summed E-state index contributed by atoms with van der Waals surface area (Å²) >= 11 is 0. The summed E-state index contributed by atoms with van der Waals surface area (Å²) in [6.07, 6.45) is 4.12. The topological polar surface area (TPSA) is 130 Å². The molecular formula is C23H48N8O2. The maximum Gasteiger partial charge on any atom is 0.243 e. The molecule has 0 rings (SSSR count). The van der Waals surface area contributed by atoms with Gasteiger partial charge < -0.3 is 42.5 Å². The molecule has 192 valence electrons. The van der Waals surface area contributed by atoms with Gasteiger partial charge in [-0.15, -0.1) is 0 Å². The number of rotatable bonds is 27. The van der Waals surface area contributed by atoms with E-state index in [1.165, 1.54) is 12.2 Å². The molecule has 0 aromatic carbocycles. The molecule has 0 unspecified atom stereocenters. The molecule has 0 aromatic rings. The molecule has 0 fully saturated rings. The zero-order valence-corrected chi connectivity index (χ0v) is 20.4. The fourth-order valence-corrected chi connectivity index (χ4v) is 2.77. The number of nitrogens with one attached hydrogen (secondary N) is 8. The summed E-state index contributed by atoms with van der Waals surface area (Å²) < 4.78 is 0. The summed E-state index contributed by atoms with van der Waals surface area (Å²) in [6.45, 7) is 20.4. The Hall–Kier alpha value is -1.66. The Balaban J connectivity index is 3.06. The first kappa shape index (κ1) is 31.3. The molecule has 8 N–H and O–H groups in total. The van der Waals surface area contributed by atoms with E-state index in [4.69, 9.17) is 0 Å². The van der Waals surface area contributed by atoms with Crippen LogP contribution >= 0.6 is 0 Å². The summed E-state index contributed by atoms with van der Waals surface area (Å²) in [5.41, 5.74) is 0. The van der Waals surface area contributed by atoms with Gasteiger partial charge in [0.2, 0.25) is 5.91 Å². The second kappa shape index (κ2) is 26.6. The lowest BCUT2D eigenvalue weighted by Gasteiger charge is -2.10. The second-order valence-electron chi connectivity index (χ2n) is 7.52. The molecule has 0 aromatic heterocycles. The fraction of sp³-hybridized carbons (Fsp3) is 0.739. The molecule has 0 aliphatic heterocycles. The van der Waals surface area contributed by atoms with E-state index in [2.05, 4.69) is 55.7 Å². The van der Waals surface area contributed by atoms with Crippen molar-refractivity contribution >= 4 is 11.7 Å². The monoisotopic (exact) mass is 468 g/mol. The van der Waals surface area contributed by atoms with E-state index in [-0.39, 0.29) is 11.7 Å². The van der Waals surface area contributed by atoms with Crippen molar-refractivity contribution in [2.24, 2.45) is 0 Å². The van der Waals surface area contributed by atoms with Crippen LogP contribution in [-0.4, -0.2) is 110 Å². The highest BCUT2D eigenvalue weighted by atomic mass is 16.1. The highest BCUT2D eigenvalue weighted by Gasteiger charge is 1.95. The van der Waals surface area contributed by atoms with Crippen LogP contribution in [0.5, 0.6) is 0 Å². The Morgan fingerprint density at radius 3 is 1.15 bits per heavy atom. The minimum absolute atomic E-state index is 0.116. The van der Waals surface area contributed by atoms with Gasteiger partial charge in [0.15, 0.2) is 5.78 Å². The molecule has 0 spiro atoms. The first-order chi connectivity index (χ1) is 16.2. The minimum atomic E-state index is -0.133. The normalized spacial score (nSPS) is 10.8. The lowest BCUT2D eigenvalue weighted by Crippen LogP contribution is -2.38. The third-order valence-corrected chi connectivity index (χ3v) is 4.66. The Morgan fingerprint density at radius 2 is 0.818 bits per heavy atom. The number of carbonyl (C=O) groups is 2. The van der Waals surface area contributed by atoms with Gasteiger partial charge in [0.25, 0.3) is 0 Å². The molecule has 10 heteroatoms. The van der Waals surface area contributed by atoms with Crippen LogP contribution in [0.2, 0.25) is 0 Å². The molecule has 33 heavy (non-hydrogen) atoms. The summed E-state index contributed by atoms with van der Waals surface area (Å²) in [6, 6.07) is 0. The predicted octanol–water partition coefficient (Wildman–Crippen LogP) is -2.05. The Kier molecular flexibility index (Phi) is 25.3. The van der Waals surface area contributed by atoms with Gasteiger partial charge in [0.05, 0.1) is 0 Å². The molecular weight excluding hydrogens is 420 g/mol. The third-order valence-electron chi connectivity index (χ3n) is 4.66. The van der Waals surface area contributed by atoms with E-state index in [1.807, 2.05) is 0 Å². The van der Waals surface area contributed by atoms with Gasteiger partial charge >= 0.3 is 0 Å². The van der Waals surface area contributed by atoms with Crippen molar-refractivity contribution in [2.45, 2.75) is 12.8 Å². The second-order valence-corrected chi connectivity index (χ2v) is 7.52. The largest absolute Gasteiger partial charge is 0.351 e. The van der Waals surface area contributed by atoms with Gasteiger partial charge in [-0.25, -0.2) is 0 Å². The molecule has 0 heterocycles. The lowest BCUT2D eigenvalue weighted by atomic mass is 10.2. The SMILES string of the molecule is C=CC(=O)CCCNCCNCCNCCNCCNCCNCCNCCNC(=O)C=C. The molecule has 1 amide bonds. The zero-order valence-electron chi connectivity index (χ0n) is 20.4. The fourth-order valence-electron chi connectivity index (χ4n) is 2.77. The van der Waals surface area contributed by atoms with Crippen molar-refractivity contribution in [3.05, 3.63) is 25.3 Å². The van der Waals surface area contributed by atoms with Crippen molar-refractivity contribution in [1.29, 1.82) is 0 Å². The summed E-state index contributed by atoms with van der Waals surface area (Å²) in [4.78, 5) is 22.0. The van der Waals surface area contributed by atoms with E-state index in [0.717, 1.165) is 98.0 Å². The molecule has 10 nitrogen and oxygen atoms in total. The van der Waals surface area contributed by atoms with Crippen LogP contribution in [0.4, 0.5) is 0 Å². The Labute approximate surface area is 200 Å². The average molecular weight is 469 g/mol. The molecule has 0 bridgehead atoms. The number of hydrogen-bond acceptors (Lipinski definition) is 9. The molecule has 0 aliphatic rings. The average Bonchev–Trinajstić information content (AvgIpc) is 2.83. The van der Waals surface area contributed by atoms with Gasteiger partial charge in [-0.05, 0) is 25.1 Å². The highest BCUT2D eigenvalue weighted by Crippen LogP contribution is 1.89. The van der Waals surface area contributed by atoms with Gasteiger partial charge in [0, 0.05) is 98.0 Å². The number of carbonyl (C=O) groups excluding carboxylic acids is 2. The third kappa shape index (κ3) is 26.5. The van der Waals surface area contributed by atoms with Crippen LogP contribution in [0, 0.1) is 0 Å². The molecule has 0 aliphatic carbocycles. The Bertz CT molecular complexity index is 449. The molecule has 0 saturated heterocycles. The summed E-state index contributed by atoms with van der Waals surface area (Å²) in [7, 11) is 0. The molecule has 0 saturated carbocycles. The maximum atomic E-state index is 11.1. The van der Waals surface area contributed by atoms with Gasteiger partial charge in [-0.2, -0.15) is 0 Å². The number of allylic oxidation sites excluding steroid dienone is 1. The zero-order chi connectivity index (χ0) is 24.2. The van der Waals surface area contributed by atoms with Crippen LogP contribution in [-0.2, 0) is 9.59 Å². The van der Waals surface area contributed by atoms with E-state index < -0.39 is 0 Å². The van der Waals surface area contributed by atoms with Crippen molar-refractivity contribution in [3.63, 3.8) is 0 Å². The van der Waals surface area contributed by atoms with E-state index in [9.17, 15) is 9.59 Å². The van der Waals surface area contributed by atoms with E-state index in [1.54, 1.807) is 0 Å². The summed E-state index contributed by atoms with van der Waals surface area (Å²) in [5, 5.41) is 26.3. The summed E-state index contributed by atoms with van der Waals surface area (Å²) in [5.74, 6) is -0.0167. The Morgan fingerprint density at radius 1 is 0.485 bits per heavy atom. The van der Waals surface area contributed by atoms with Crippen LogP contribution in [0.15, 0.2) is 25.3 Å². The van der Waals surface area contributed by atoms with Crippen molar-refractivity contribution in [1.82, 2.24) is 42.5 Å². The van der Waals surface area contributed by atoms with Crippen molar-refractivity contribution in [3.8, 4) is 0 Å². The van der Waals surface area contributed by atoms with Crippen LogP contribution in [0.1, 0.15) is 12.8 Å². The molecule has 0 radical (unpaired) electrons. The van der Waals surface area contributed by atoms with Gasteiger partial charge in [0.1, 0.15) is 0 Å². The van der Waals surface area contributed by atoms with Crippen LogP contribution in [0.3, 0.4) is 0 Å². The first-order valence-corrected chi connectivity index (χ1v) is 12.2. The van der Waals surface area contributed by atoms with Crippen molar-refractivity contribution < 1.29 is 9.59 Å². The quantitative estimate of drug-likeness (QED) is 0.0507. The minimum Gasteiger partial charge on any atom is -0.351 e. The molecule has 0 atom stereocenters. The first-order valence-electron chi connectivity index (χ1n) is 12.2. The highest BCUT2D eigenvalue weighted by molar-refractivity contribution is 5.88.